The molecule has 1 aromatic carbocycles. The van der Waals surface area contributed by atoms with Crippen LogP contribution in [0.1, 0.15) is 12.0 Å². The van der Waals surface area contributed by atoms with Crippen LogP contribution in [-0.2, 0) is 11.3 Å². The number of likely N-dealkylation sites (tertiary alicyclic amines) is 1. The summed E-state index contributed by atoms with van der Waals surface area (Å²) >= 11 is 0. The summed E-state index contributed by atoms with van der Waals surface area (Å²) in [4.78, 5) is 12.6. The summed E-state index contributed by atoms with van der Waals surface area (Å²) in [6, 6.07) is 9.66. The molecular weight excluding hydrogens is 232 g/mol. The molecule has 2 rings (SSSR count). The van der Waals surface area contributed by atoms with Crippen LogP contribution in [0.3, 0.4) is 0 Å². The molecule has 1 aromatic rings. The Bertz CT molecular complexity index is 396. The first-order chi connectivity index (χ1) is 8.66. The highest BCUT2D eigenvalue weighted by molar-refractivity contribution is 5.13. The topological polar surface area (TPSA) is 55.6 Å². The number of hydrogen-bond donors (Lipinski definition) is 0. The summed E-state index contributed by atoms with van der Waals surface area (Å²) in [6.45, 7) is 1.64. The zero-order valence-corrected chi connectivity index (χ0v) is 10.5. The molecule has 18 heavy (non-hydrogen) atoms. The van der Waals surface area contributed by atoms with Gasteiger partial charge in [-0.2, -0.15) is 0 Å². The zero-order valence-electron chi connectivity index (χ0n) is 10.5. The normalized spacial score (nSPS) is 24.3. The zero-order chi connectivity index (χ0) is 13.0. The van der Waals surface area contributed by atoms with Crippen LogP contribution in [-0.4, -0.2) is 42.1 Å². The first kappa shape index (κ1) is 13.0. The maximum atomic E-state index is 10.7. The van der Waals surface area contributed by atoms with Crippen molar-refractivity contribution in [1.82, 2.24) is 4.90 Å². The van der Waals surface area contributed by atoms with Crippen molar-refractivity contribution in [2.75, 3.05) is 20.2 Å². The van der Waals surface area contributed by atoms with E-state index in [1.165, 1.54) is 0 Å². The van der Waals surface area contributed by atoms with E-state index in [0.29, 0.717) is 26.2 Å². The van der Waals surface area contributed by atoms with Crippen molar-refractivity contribution in [3.8, 4) is 0 Å². The van der Waals surface area contributed by atoms with Gasteiger partial charge in [-0.25, -0.2) is 0 Å². The quantitative estimate of drug-likeness (QED) is 0.587. The predicted molar refractivity (Wildman–Crippen MR) is 67.9 cm³/mol. The number of likely N-dealkylation sites (N-methyl/N-ethyl adjacent to an activating group) is 1. The number of nitro groups is 1. The van der Waals surface area contributed by atoms with Crippen molar-refractivity contribution in [3.63, 3.8) is 0 Å². The molecule has 0 bridgehead atoms. The van der Waals surface area contributed by atoms with Crippen molar-refractivity contribution in [2.24, 2.45) is 0 Å². The number of nitrogens with zero attached hydrogens (tertiary/aromatic N) is 2. The van der Waals surface area contributed by atoms with Crippen LogP contribution in [0.25, 0.3) is 0 Å². The molecule has 2 unspecified atom stereocenters. The maximum Gasteiger partial charge on any atom is 0.227 e. The third-order valence-corrected chi connectivity index (χ3v) is 3.39. The third kappa shape index (κ3) is 3.27. The molecule has 0 amide bonds. The molecule has 1 aliphatic heterocycles. The van der Waals surface area contributed by atoms with Gasteiger partial charge in [0.25, 0.3) is 0 Å². The van der Waals surface area contributed by atoms with Crippen molar-refractivity contribution < 1.29 is 9.66 Å². The molecule has 1 saturated heterocycles. The number of rotatable bonds is 5. The van der Waals surface area contributed by atoms with Crippen LogP contribution in [0, 0.1) is 10.1 Å². The molecule has 5 heteroatoms. The summed E-state index contributed by atoms with van der Waals surface area (Å²) in [5.41, 5.74) is 1.13. The predicted octanol–water partition coefficient (Wildman–Crippen LogP) is 1.55. The molecule has 98 valence electrons. The van der Waals surface area contributed by atoms with E-state index in [-0.39, 0.29) is 11.0 Å². The molecule has 0 radical (unpaired) electrons. The minimum Gasteiger partial charge on any atom is -0.375 e. The van der Waals surface area contributed by atoms with Gasteiger partial charge in [0.05, 0.1) is 19.8 Å². The van der Waals surface area contributed by atoms with Crippen LogP contribution >= 0.6 is 0 Å². The number of hydrogen-bond acceptors (Lipinski definition) is 4. The van der Waals surface area contributed by atoms with Gasteiger partial charge in [-0.15, -0.1) is 0 Å². The average Bonchev–Trinajstić information content (AvgIpc) is 2.73. The van der Waals surface area contributed by atoms with E-state index < -0.39 is 6.04 Å². The van der Waals surface area contributed by atoms with Gasteiger partial charge < -0.3 is 4.74 Å². The minimum atomic E-state index is -0.444. The fourth-order valence-corrected chi connectivity index (χ4v) is 2.29. The van der Waals surface area contributed by atoms with E-state index in [1.807, 2.05) is 42.3 Å². The van der Waals surface area contributed by atoms with E-state index in [4.69, 9.17) is 4.74 Å². The lowest BCUT2D eigenvalue weighted by atomic mass is 10.2. The number of ether oxygens (including phenoxy) is 1. The second-order valence-corrected chi connectivity index (χ2v) is 4.77. The summed E-state index contributed by atoms with van der Waals surface area (Å²) in [7, 11) is 1.92. The summed E-state index contributed by atoms with van der Waals surface area (Å²) in [5, 5.41) is 10.7. The van der Waals surface area contributed by atoms with Crippen molar-refractivity contribution in [3.05, 3.63) is 46.0 Å². The Hall–Kier alpha value is -1.46. The lowest BCUT2D eigenvalue weighted by Gasteiger charge is -2.17. The van der Waals surface area contributed by atoms with Crippen molar-refractivity contribution in [2.45, 2.75) is 25.1 Å². The van der Waals surface area contributed by atoms with Crippen LogP contribution in [0.2, 0.25) is 0 Å². The average molecular weight is 250 g/mol. The smallest absolute Gasteiger partial charge is 0.227 e. The van der Waals surface area contributed by atoms with Crippen LogP contribution in [0.5, 0.6) is 0 Å². The molecule has 1 heterocycles. The van der Waals surface area contributed by atoms with Gasteiger partial charge in [-0.3, -0.25) is 15.0 Å². The molecule has 0 aliphatic carbocycles. The second-order valence-electron chi connectivity index (χ2n) is 4.77. The third-order valence-electron chi connectivity index (χ3n) is 3.39. The van der Waals surface area contributed by atoms with Gasteiger partial charge in [0.2, 0.25) is 6.04 Å². The van der Waals surface area contributed by atoms with Crippen LogP contribution in [0.4, 0.5) is 0 Å². The Morgan fingerprint density at radius 2 is 2.17 bits per heavy atom. The lowest BCUT2D eigenvalue weighted by Crippen LogP contribution is -2.29. The highest BCUT2D eigenvalue weighted by atomic mass is 16.6. The van der Waals surface area contributed by atoms with Gasteiger partial charge in [0, 0.05) is 17.4 Å². The van der Waals surface area contributed by atoms with Crippen molar-refractivity contribution >= 4 is 0 Å². The van der Waals surface area contributed by atoms with E-state index >= 15 is 0 Å². The van der Waals surface area contributed by atoms with Crippen LogP contribution in [0.15, 0.2) is 30.3 Å². The SMILES string of the molecule is CN1CC([N+](=O)[O-])CC1COCc1ccccc1. The number of benzene rings is 1. The Labute approximate surface area is 107 Å². The van der Waals surface area contributed by atoms with Gasteiger partial charge in [0.15, 0.2) is 0 Å². The minimum absolute atomic E-state index is 0.157. The van der Waals surface area contributed by atoms with Crippen LogP contribution < -0.4 is 0 Å². The van der Waals surface area contributed by atoms with Gasteiger partial charge in [0.1, 0.15) is 0 Å². The standard InChI is InChI=1S/C13H18N2O3/c1-14-8-12(15(16)17)7-13(14)10-18-9-11-5-3-2-4-6-11/h2-6,12-13H,7-10H2,1H3. The molecule has 0 aromatic heterocycles. The first-order valence-electron chi connectivity index (χ1n) is 6.12. The summed E-state index contributed by atoms with van der Waals surface area (Å²) < 4.78 is 5.64. The van der Waals surface area contributed by atoms with Crippen molar-refractivity contribution in [1.29, 1.82) is 0 Å². The molecule has 1 aliphatic rings. The van der Waals surface area contributed by atoms with Gasteiger partial charge in [-0.1, -0.05) is 30.3 Å². The summed E-state index contributed by atoms with van der Waals surface area (Å²) in [6.07, 6.45) is 0.582. The molecule has 5 nitrogen and oxygen atoms in total. The molecular formula is C13H18N2O3. The largest absolute Gasteiger partial charge is 0.375 e. The molecule has 0 saturated carbocycles. The second kappa shape index (κ2) is 5.93. The molecule has 2 atom stereocenters. The summed E-state index contributed by atoms with van der Waals surface area (Å²) in [5.74, 6) is 0. The van der Waals surface area contributed by atoms with E-state index in [9.17, 15) is 10.1 Å². The Morgan fingerprint density at radius 1 is 1.44 bits per heavy atom. The fraction of sp³-hybridized carbons (Fsp3) is 0.538. The highest BCUT2D eigenvalue weighted by Crippen LogP contribution is 2.18. The van der Waals surface area contributed by atoms with Gasteiger partial charge >= 0.3 is 0 Å². The van der Waals surface area contributed by atoms with E-state index in [2.05, 4.69) is 0 Å². The lowest BCUT2D eigenvalue weighted by molar-refractivity contribution is -0.518. The maximum absolute atomic E-state index is 10.7. The Kier molecular flexibility index (Phi) is 4.28. The molecule has 0 N–H and O–H groups in total. The fourth-order valence-electron chi connectivity index (χ4n) is 2.29. The first-order valence-corrected chi connectivity index (χ1v) is 6.12. The van der Waals surface area contributed by atoms with E-state index in [1.54, 1.807) is 0 Å². The Morgan fingerprint density at radius 3 is 2.78 bits per heavy atom. The monoisotopic (exact) mass is 250 g/mol. The molecule has 0 spiro atoms. The highest BCUT2D eigenvalue weighted by Gasteiger charge is 2.36. The molecule has 1 fully saturated rings. The van der Waals surface area contributed by atoms with E-state index in [0.717, 1.165) is 5.56 Å². The van der Waals surface area contributed by atoms with Gasteiger partial charge in [-0.05, 0) is 12.6 Å². The Balaban J connectivity index is 1.76.